The van der Waals surface area contributed by atoms with Gasteiger partial charge in [-0.05, 0) is 25.7 Å². The first-order chi connectivity index (χ1) is 4.74. The van der Waals surface area contributed by atoms with Gasteiger partial charge in [0.2, 0.25) is 5.91 Å². The second kappa shape index (κ2) is 3.28. The molecule has 0 aromatic rings. The molecule has 0 aliphatic heterocycles. The summed E-state index contributed by atoms with van der Waals surface area (Å²) in [6, 6.07) is 0.361. The van der Waals surface area contributed by atoms with Crippen LogP contribution < -0.4 is 5.32 Å². The molecular weight excluding hydrogens is 146 g/mol. The standard InChI is InChI=1S/C7H13NOS/c1-5(6-2-3-6)8-7(9)4-10/h5-6,10H,2-4H2,1H3,(H,8,9). The topological polar surface area (TPSA) is 29.1 Å². The number of rotatable bonds is 3. The van der Waals surface area contributed by atoms with Gasteiger partial charge in [-0.3, -0.25) is 4.79 Å². The number of thiol groups is 1. The van der Waals surface area contributed by atoms with Crippen molar-refractivity contribution < 1.29 is 4.79 Å². The van der Waals surface area contributed by atoms with Crippen LogP contribution in [0.3, 0.4) is 0 Å². The van der Waals surface area contributed by atoms with Gasteiger partial charge in [-0.2, -0.15) is 12.6 Å². The van der Waals surface area contributed by atoms with Gasteiger partial charge in [0.25, 0.3) is 0 Å². The van der Waals surface area contributed by atoms with Crippen molar-refractivity contribution in [2.24, 2.45) is 5.92 Å². The third kappa shape index (κ3) is 2.21. The Morgan fingerprint density at radius 2 is 2.40 bits per heavy atom. The summed E-state index contributed by atoms with van der Waals surface area (Å²) in [7, 11) is 0. The molecular formula is C7H13NOS. The molecule has 1 amide bonds. The summed E-state index contributed by atoms with van der Waals surface area (Å²) in [6.45, 7) is 2.05. The quantitative estimate of drug-likeness (QED) is 0.587. The lowest BCUT2D eigenvalue weighted by Gasteiger charge is -2.10. The van der Waals surface area contributed by atoms with E-state index in [-0.39, 0.29) is 5.91 Å². The SMILES string of the molecule is CC(NC(=O)CS)C1CC1. The van der Waals surface area contributed by atoms with Crippen molar-refractivity contribution in [3.63, 3.8) is 0 Å². The molecule has 2 nitrogen and oxygen atoms in total. The summed E-state index contributed by atoms with van der Waals surface area (Å²) in [5, 5.41) is 2.88. The van der Waals surface area contributed by atoms with Crippen LogP contribution in [0.15, 0.2) is 0 Å². The molecule has 1 unspecified atom stereocenters. The smallest absolute Gasteiger partial charge is 0.229 e. The fourth-order valence-corrected chi connectivity index (χ4v) is 1.10. The predicted molar refractivity (Wildman–Crippen MR) is 44.2 cm³/mol. The van der Waals surface area contributed by atoms with Crippen molar-refractivity contribution in [2.75, 3.05) is 5.75 Å². The zero-order chi connectivity index (χ0) is 7.56. The number of carbonyl (C=O) groups is 1. The second-order valence-corrected chi connectivity index (χ2v) is 3.17. The summed E-state index contributed by atoms with van der Waals surface area (Å²) < 4.78 is 0. The van der Waals surface area contributed by atoms with Gasteiger partial charge in [0, 0.05) is 6.04 Å². The Morgan fingerprint density at radius 1 is 1.80 bits per heavy atom. The van der Waals surface area contributed by atoms with Crippen molar-refractivity contribution in [3.05, 3.63) is 0 Å². The molecule has 0 aromatic heterocycles. The van der Waals surface area contributed by atoms with Crippen LogP contribution in [0.2, 0.25) is 0 Å². The zero-order valence-electron chi connectivity index (χ0n) is 6.13. The summed E-state index contributed by atoms with van der Waals surface area (Å²) >= 11 is 3.87. The minimum absolute atomic E-state index is 0.0442. The molecule has 0 radical (unpaired) electrons. The van der Waals surface area contributed by atoms with Gasteiger partial charge < -0.3 is 5.32 Å². The van der Waals surface area contributed by atoms with E-state index in [1.165, 1.54) is 12.8 Å². The molecule has 1 N–H and O–H groups in total. The van der Waals surface area contributed by atoms with Crippen LogP contribution in [0.25, 0.3) is 0 Å². The normalized spacial score (nSPS) is 20.2. The molecule has 1 aliphatic carbocycles. The third-order valence-electron chi connectivity index (χ3n) is 1.86. The minimum Gasteiger partial charge on any atom is -0.353 e. The number of hydrogen-bond acceptors (Lipinski definition) is 2. The van der Waals surface area contributed by atoms with E-state index < -0.39 is 0 Å². The predicted octanol–water partition coefficient (Wildman–Crippen LogP) is 0.831. The molecule has 0 spiro atoms. The number of hydrogen-bond donors (Lipinski definition) is 2. The van der Waals surface area contributed by atoms with Crippen molar-refractivity contribution in [2.45, 2.75) is 25.8 Å². The third-order valence-corrected chi connectivity index (χ3v) is 2.15. The highest BCUT2D eigenvalue weighted by Gasteiger charge is 2.28. The Kier molecular flexibility index (Phi) is 2.60. The molecule has 1 saturated carbocycles. The average molecular weight is 159 g/mol. The fraction of sp³-hybridized carbons (Fsp3) is 0.857. The van der Waals surface area contributed by atoms with Gasteiger partial charge in [0.05, 0.1) is 5.75 Å². The average Bonchev–Trinajstić information content (AvgIpc) is 2.68. The Hall–Kier alpha value is -0.180. The summed E-state index contributed by atoms with van der Waals surface area (Å²) in [5.74, 6) is 1.09. The van der Waals surface area contributed by atoms with E-state index in [4.69, 9.17) is 0 Å². The largest absolute Gasteiger partial charge is 0.353 e. The van der Waals surface area contributed by atoms with E-state index in [0.29, 0.717) is 11.8 Å². The molecule has 1 aliphatic rings. The number of carbonyl (C=O) groups excluding carboxylic acids is 1. The van der Waals surface area contributed by atoms with Crippen LogP contribution in [0, 0.1) is 5.92 Å². The highest BCUT2D eigenvalue weighted by molar-refractivity contribution is 7.81. The summed E-state index contributed by atoms with van der Waals surface area (Å²) in [6.07, 6.45) is 2.54. The zero-order valence-corrected chi connectivity index (χ0v) is 7.03. The number of amides is 1. The number of nitrogens with one attached hydrogen (secondary N) is 1. The van der Waals surface area contributed by atoms with Gasteiger partial charge >= 0.3 is 0 Å². The minimum atomic E-state index is 0.0442. The Balaban J connectivity index is 2.16. The molecule has 0 saturated heterocycles. The van der Waals surface area contributed by atoms with Crippen molar-refractivity contribution in [1.29, 1.82) is 0 Å². The lowest BCUT2D eigenvalue weighted by Crippen LogP contribution is -2.34. The maximum absolute atomic E-state index is 10.8. The van der Waals surface area contributed by atoms with Crippen LogP contribution in [-0.4, -0.2) is 17.7 Å². The van der Waals surface area contributed by atoms with Crippen LogP contribution in [-0.2, 0) is 4.79 Å². The Labute approximate surface area is 66.8 Å². The van der Waals surface area contributed by atoms with Gasteiger partial charge in [-0.25, -0.2) is 0 Å². The van der Waals surface area contributed by atoms with E-state index in [9.17, 15) is 4.79 Å². The molecule has 0 bridgehead atoms. The lowest BCUT2D eigenvalue weighted by molar-refractivity contribution is -0.119. The maximum atomic E-state index is 10.8. The molecule has 3 heteroatoms. The van der Waals surface area contributed by atoms with E-state index in [2.05, 4.69) is 24.9 Å². The first-order valence-electron chi connectivity index (χ1n) is 3.64. The van der Waals surface area contributed by atoms with Gasteiger partial charge in [-0.15, -0.1) is 0 Å². The molecule has 0 aromatic carbocycles. The van der Waals surface area contributed by atoms with E-state index >= 15 is 0 Å². The van der Waals surface area contributed by atoms with Crippen molar-refractivity contribution in [3.8, 4) is 0 Å². The molecule has 10 heavy (non-hydrogen) atoms. The van der Waals surface area contributed by atoms with Crippen LogP contribution >= 0.6 is 12.6 Å². The first-order valence-corrected chi connectivity index (χ1v) is 4.27. The van der Waals surface area contributed by atoms with E-state index in [1.54, 1.807) is 0 Å². The van der Waals surface area contributed by atoms with Crippen LogP contribution in [0.4, 0.5) is 0 Å². The van der Waals surface area contributed by atoms with Gasteiger partial charge in [0.1, 0.15) is 0 Å². The maximum Gasteiger partial charge on any atom is 0.229 e. The van der Waals surface area contributed by atoms with Crippen LogP contribution in [0.5, 0.6) is 0 Å². The molecule has 1 atom stereocenters. The Morgan fingerprint density at radius 3 is 2.80 bits per heavy atom. The van der Waals surface area contributed by atoms with Gasteiger partial charge in [-0.1, -0.05) is 0 Å². The van der Waals surface area contributed by atoms with Gasteiger partial charge in [0.15, 0.2) is 0 Å². The second-order valence-electron chi connectivity index (χ2n) is 2.85. The first kappa shape index (κ1) is 7.92. The van der Waals surface area contributed by atoms with Crippen LogP contribution in [0.1, 0.15) is 19.8 Å². The highest BCUT2D eigenvalue weighted by atomic mass is 32.1. The fourth-order valence-electron chi connectivity index (χ4n) is 1.01. The lowest BCUT2D eigenvalue weighted by atomic mass is 10.2. The van der Waals surface area contributed by atoms with E-state index in [0.717, 1.165) is 5.92 Å². The highest BCUT2D eigenvalue weighted by Crippen LogP contribution is 2.32. The molecule has 1 rings (SSSR count). The molecule has 58 valence electrons. The summed E-state index contributed by atoms with van der Waals surface area (Å²) in [5.41, 5.74) is 0. The Bertz CT molecular complexity index is 134. The van der Waals surface area contributed by atoms with Crippen molar-refractivity contribution >= 4 is 18.5 Å². The monoisotopic (exact) mass is 159 g/mol. The molecule has 0 heterocycles. The summed E-state index contributed by atoms with van der Waals surface area (Å²) in [4.78, 5) is 10.8. The molecule has 1 fully saturated rings. The van der Waals surface area contributed by atoms with E-state index in [1.807, 2.05) is 0 Å². The van der Waals surface area contributed by atoms with Crippen molar-refractivity contribution in [1.82, 2.24) is 5.32 Å².